The van der Waals surface area contributed by atoms with Gasteiger partial charge in [-0.15, -0.1) is 0 Å². The summed E-state index contributed by atoms with van der Waals surface area (Å²) in [5.41, 5.74) is 4.14. The molecule has 4 bridgehead atoms. The third-order valence-corrected chi connectivity index (χ3v) is 9.15. The Hall–Kier alpha value is -3.07. The zero-order valence-corrected chi connectivity index (χ0v) is 20.9. The molecule has 2 atom stereocenters. The number of rotatable bonds is 6. The van der Waals surface area contributed by atoms with Crippen molar-refractivity contribution in [2.45, 2.75) is 51.4 Å². The third-order valence-electron chi connectivity index (χ3n) is 9.15. The van der Waals surface area contributed by atoms with E-state index in [0.717, 1.165) is 40.7 Å². The van der Waals surface area contributed by atoms with Crippen molar-refractivity contribution in [2.75, 3.05) is 7.11 Å². The summed E-state index contributed by atoms with van der Waals surface area (Å²) in [6.07, 6.45) is 6.75. The van der Waals surface area contributed by atoms with E-state index in [1.54, 1.807) is 7.11 Å². The molecule has 0 heterocycles. The zero-order chi connectivity index (χ0) is 24.2. The third kappa shape index (κ3) is 3.95. The van der Waals surface area contributed by atoms with E-state index in [1.807, 2.05) is 61.5 Å². The maximum absolute atomic E-state index is 12.8. The predicted molar refractivity (Wildman–Crippen MR) is 139 cm³/mol. The number of ketones is 1. The second-order valence-electron chi connectivity index (χ2n) is 11.3. The van der Waals surface area contributed by atoms with Crippen LogP contribution in [0.25, 0.3) is 0 Å². The van der Waals surface area contributed by atoms with Gasteiger partial charge in [-0.3, -0.25) is 4.79 Å². The smallest absolute Gasteiger partial charge is 0.193 e. The van der Waals surface area contributed by atoms with Gasteiger partial charge in [-0.2, -0.15) is 0 Å². The number of aryl methyl sites for hydroxylation is 1. The fourth-order valence-electron chi connectivity index (χ4n) is 7.46. The van der Waals surface area contributed by atoms with Gasteiger partial charge >= 0.3 is 0 Å². The number of carbonyl (C=O) groups is 1. The van der Waals surface area contributed by atoms with Crippen LogP contribution in [0.5, 0.6) is 17.2 Å². The highest BCUT2D eigenvalue weighted by Crippen LogP contribution is 2.63. The van der Waals surface area contributed by atoms with Gasteiger partial charge in [0.15, 0.2) is 5.78 Å². The second-order valence-corrected chi connectivity index (χ2v) is 11.3. The zero-order valence-electron chi connectivity index (χ0n) is 20.9. The van der Waals surface area contributed by atoms with Crippen molar-refractivity contribution in [3.8, 4) is 17.2 Å². The molecular formula is C32H34O3. The summed E-state index contributed by atoms with van der Waals surface area (Å²) in [7, 11) is 1.78. The Labute approximate surface area is 208 Å². The molecule has 4 aliphatic carbocycles. The number of hydrogen-bond donors (Lipinski definition) is 0. The molecule has 0 saturated heterocycles. The molecule has 3 nitrogen and oxygen atoms in total. The fourth-order valence-corrected chi connectivity index (χ4v) is 7.46. The average molecular weight is 467 g/mol. The minimum absolute atomic E-state index is 0.0208. The Morgan fingerprint density at radius 2 is 1.43 bits per heavy atom. The van der Waals surface area contributed by atoms with Gasteiger partial charge in [-0.05, 0) is 98.4 Å². The van der Waals surface area contributed by atoms with E-state index in [4.69, 9.17) is 9.47 Å². The average Bonchev–Trinajstić information content (AvgIpc) is 2.87. The quantitative estimate of drug-likeness (QED) is 0.349. The Morgan fingerprint density at radius 3 is 2.06 bits per heavy atom. The molecule has 3 aromatic rings. The minimum Gasteiger partial charge on any atom is -0.496 e. The van der Waals surface area contributed by atoms with E-state index in [2.05, 4.69) is 19.1 Å². The lowest BCUT2D eigenvalue weighted by Gasteiger charge is -2.60. The van der Waals surface area contributed by atoms with Crippen LogP contribution in [0.4, 0.5) is 0 Å². The number of hydrogen-bond acceptors (Lipinski definition) is 3. The van der Waals surface area contributed by atoms with E-state index < -0.39 is 0 Å². The standard InChI is InChI=1S/C32H34O3/c1-20-4-6-23(7-5-20)31(33)24-8-10-27(11-9-24)35-28-12-13-29(30(16-28)34-3)32-17-22-14-25(18-32)21(2)26(15-22)19-32/h4-13,16,21-22,25-26H,14-15,17-19H2,1-3H3. The maximum Gasteiger partial charge on any atom is 0.193 e. The first-order chi connectivity index (χ1) is 16.9. The lowest BCUT2D eigenvalue weighted by Crippen LogP contribution is -2.52. The molecule has 3 heteroatoms. The van der Waals surface area contributed by atoms with Gasteiger partial charge in [-0.1, -0.05) is 42.8 Å². The van der Waals surface area contributed by atoms with Gasteiger partial charge < -0.3 is 9.47 Å². The van der Waals surface area contributed by atoms with Crippen LogP contribution in [0, 0.1) is 30.6 Å². The van der Waals surface area contributed by atoms with Gasteiger partial charge in [0.2, 0.25) is 0 Å². The Morgan fingerprint density at radius 1 is 0.829 bits per heavy atom. The topological polar surface area (TPSA) is 35.5 Å². The number of carbonyl (C=O) groups excluding carboxylic acids is 1. The fraction of sp³-hybridized carbons (Fsp3) is 0.406. The van der Waals surface area contributed by atoms with Gasteiger partial charge in [-0.25, -0.2) is 0 Å². The molecule has 0 radical (unpaired) electrons. The number of ether oxygens (including phenoxy) is 2. The summed E-state index contributed by atoms with van der Waals surface area (Å²) in [4.78, 5) is 12.8. The molecule has 0 N–H and O–H groups in total. The molecule has 0 spiro atoms. The Bertz CT molecular complexity index is 1220. The van der Waals surface area contributed by atoms with Crippen LogP contribution < -0.4 is 9.47 Å². The van der Waals surface area contributed by atoms with Crippen molar-refractivity contribution in [1.29, 1.82) is 0 Å². The lowest BCUT2D eigenvalue weighted by molar-refractivity contribution is -0.0495. The van der Waals surface area contributed by atoms with E-state index in [-0.39, 0.29) is 11.2 Å². The maximum atomic E-state index is 12.8. The summed E-state index contributed by atoms with van der Waals surface area (Å²) in [6, 6.07) is 21.5. The Balaban J connectivity index is 1.21. The summed E-state index contributed by atoms with van der Waals surface area (Å²) in [5.74, 6) is 5.92. The van der Waals surface area contributed by atoms with Crippen molar-refractivity contribution >= 4 is 5.78 Å². The van der Waals surface area contributed by atoms with Gasteiger partial charge in [0.1, 0.15) is 17.2 Å². The molecule has 4 saturated carbocycles. The highest BCUT2D eigenvalue weighted by molar-refractivity contribution is 6.09. The van der Waals surface area contributed by atoms with E-state index >= 15 is 0 Å². The molecule has 4 fully saturated rings. The number of benzene rings is 3. The van der Waals surface area contributed by atoms with E-state index in [1.165, 1.54) is 37.7 Å². The van der Waals surface area contributed by atoms with Crippen molar-refractivity contribution in [3.05, 3.63) is 89.0 Å². The molecule has 35 heavy (non-hydrogen) atoms. The largest absolute Gasteiger partial charge is 0.496 e. The molecule has 2 unspecified atom stereocenters. The summed E-state index contributed by atoms with van der Waals surface area (Å²) in [5, 5.41) is 0. The van der Waals surface area contributed by atoms with Gasteiger partial charge in [0.05, 0.1) is 7.11 Å². The highest BCUT2D eigenvalue weighted by atomic mass is 16.5. The lowest BCUT2D eigenvalue weighted by atomic mass is 9.45. The van der Waals surface area contributed by atoms with Crippen LogP contribution in [0.15, 0.2) is 66.7 Å². The minimum atomic E-state index is 0.0208. The van der Waals surface area contributed by atoms with Crippen LogP contribution in [0.1, 0.15) is 66.1 Å². The predicted octanol–water partition coefficient (Wildman–Crippen LogP) is 7.74. The van der Waals surface area contributed by atoms with E-state index in [0.29, 0.717) is 16.9 Å². The monoisotopic (exact) mass is 466 g/mol. The summed E-state index contributed by atoms with van der Waals surface area (Å²) < 4.78 is 12.1. The highest BCUT2D eigenvalue weighted by Gasteiger charge is 2.55. The summed E-state index contributed by atoms with van der Waals surface area (Å²) in [6.45, 7) is 4.50. The summed E-state index contributed by atoms with van der Waals surface area (Å²) >= 11 is 0. The molecule has 3 aromatic carbocycles. The first-order valence-electron chi connectivity index (χ1n) is 13.0. The second kappa shape index (κ2) is 8.55. The first kappa shape index (κ1) is 22.4. The van der Waals surface area contributed by atoms with Crippen LogP contribution in [-0.2, 0) is 5.41 Å². The van der Waals surface area contributed by atoms with Crippen LogP contribution in [0.2, 0.25) is 0 Å². The van der Waals surface area contributed by atoms with Crippen molar-refractivity contribution in [1.82, 2.24) is 0 Å². The molecule has 0 amide bonds. The molecule has 7 rings (SSSR count). The van der Waals surface area contributed by atoms with Crippen LogP contribution in [-0.4, -0.2) is 12.9 Å². The van der Waals surface area contributed by atoms with Crippen LogP contribution in [0.3, 0.4) is 0 Å². The van der Waals surface area contributed by atoms with Crippen LogP contribution >= 0.6 is 0 Å². The molecule has 180 valence electrons. The van der Waals surface area contributed by atoms with E-state index in [9.17, 15) is 4.79 Å². The van der Waals surface area contributed by atoms with Gasteiger partial charge in [0, 0.05) is 22.8 Å². The SMILES string of the molecule is COc1cc(Oc2ccc(C(=O)c3ccc(C)cc3)cc2)ccc1C12CC3CC(C1)C(C)C(C3)C2. The normalized spacial score (nSPS) is 28.7. The first-order valence-corrected chi connectivity index (χ1v) is 13.0. The van der Waals surface area contributed by atoms with Crippen molar-refractivity contribution in [3.63, 3.8) is 0 Å². The van der Waals surface area contributed by atoms with Crippen molar-refractivity contribution < 1.29 is 14.3 Å². The molecule has 0 aromatic heterocycles. The Kier molecular flexibility index (Phi) is 5.47. The molecule has 4 aliphatic rings. The molecular weight excluding hydrogens is 432 g/mol. The number of methoxy groups -OCH3 is 1. The van der Waals surface area contributed by atoms with Crippen molar-refractivity contribution in [2.24, 2.45) is 23.7 Å². The van der Waals surface area contributed by atoms with Gasteiger partial charge in [0.25, 0.3) is 0 Å². The molecule has 0 aliphatic heterocycles.